The number of benzene rings is 2. The van der Waals surface area contributed by atoms with Gasteiger partial charge in [0.05, 0.1) is 22.8 Å². The average molecular weight is 686 g/mol. The van der Waals surface area contributed by atoms with E-state index in [4.69, 9.17) is 9.98 Å². The molecule has 2 aromatic rings. The van der Waals surface area contributed by atoms with Crippen molar-refractivity contribution < 1.29 is 16.5 Å². The molecule has 2 nitrogen and oxygen atoms in total. The average Bonchev–Trinajstić information content (AvgIpc) is 3.07. The molecule has 47 heavy (non-hydrogen) atoms. The maximum absolute atomic E-state index is 5.28. The molecule has 0 bridgehead atoms. The molecule has 0 saturated carbocycles. The van der Waals surface area contributed by atoms with Gasteiger partial charge in [0.15, 0.2) is 0 Å². The van der Waals surface area contributed by atoms with E-state index in [0.717, 1.165) is 61.3 Å². The Morgan fingerprint density at radius 3 is 1.47 bits per heavy atom. The number of hydrogen-bond acceptors (Lipinski definition) is 2. The fourth-order valence-electron chi connectivity index (χ4n) is 6.10. The number of rotatable bonds is 28. The Kier molecular flexibility index (Phi) is 27.6. The molecule has 266 valence electrons. The summed E-state index contributed by atoms with van der Waals surface area (Å²) in [7, 11) is 0. The van der Waals surface area contributed by atoms with Gasteiger partial charge in [0.2, 0.25) is 0 Å². The summed E-state index contributed by atoms with van der Waals surface area (Å²) < 4.78 is 0. The summed E-state index contributed by atoms with van der Waals surface area (Å²) >= 11 is 0. The molecular weight excluding hydrogens is 615 g/mol. The van der Waals surface area contributed by atoms with Gasteiger partial charge in [0.25, 0.3) is 0 Å². The molecule has 0 aliphatic rings. The minimum atomic E-state index is 0. The van der Waals surface area contributed by atoms with Crippen LogP contribution < -0.4 is 0 Å². The second kappa shape index (κ2) is 30.1. The first-order valence-electron chi connectivity index (χ1n) is 19.7. The Labute approximate surface area is 301 Å². The molecule has 0 aliphatic heterocycles. The van der Waals surface area contributed by atoms with Crippen molar-refractivity contribution in [3.63, 3.8) is 0 Å². The van der Waals surface area contributed by atoms with Crippen LogP contribution in [0.1, 0.15) is 180 Å². The van der Waals surface area contributed by atoms with Crippen LogP contribution in [0.3, 0.4) is 0 Å². The summed E-state index contributed by atoms with van der Waals surface area (Å²) in [5.41, 5.74) is 7.06. The van der Waals surface area contributed by atoms with Crippen LogP contribution in [0.15, 0.2) is 70.7 Å². The minimum absolute atomic E-state index is 0. The van der Waals surface area contributed by atoms with E-state index in [1.54, 1.807) is 0 Å². The molecule has 0 fully saturated rings. The normalized spacial score (nSPS) is 12.2. The topological polar surface area (TPSA) is 24.7 Å². The molecule has 0 amide bonds. The smallest absolute Gasteiger partial charge is 0.0848 e. The van der Waals surface area contributed by atoms with Crippen molar-refractivity contribution in [2.24, 2.45) is 9.98 Å². The Hall–Kier alpha value is -1.99. The van der Waals surface area contributed by atoms with Gasteiger partial charge in [-0.3, -0.25) is 4.99 Å². The molecule has 0 unspecified atom stereocenters. The van der Waals surface area contributed by atoms with Gasteiger partial charge in [-0.25, -0.2) is 4.99 Å². The van der Waals surface area contributed by atoms with Crippen molar-refractivity contribution >= 4 is 22.8 Å². The Morgan fingerprint density at radius 2 is 0.957 bits per heavy atom. The van der Waals surface area contributed by atoms with Crippen molar-refractivity contribution in [2.45, 2.75) is 182 Å². The zero-order valence-electron chi connectivity index (χ0n) is 31.0. The number of allylic oxidation sites excluding steroid dienone is 2. The van der Waals surface area contributed by atoms with Crippen LogP contribution in [-0.4, -0.2) is 11.4 Å². The molecular formula is C44H70N2Ni. The van der Waals surface area contributed by atoms with Crippen molar-refractivity contribution in [2.75, 3.05) is 0 Å². The first kappa shape index (κ1) is 43.0. The molecule has 2 rings (SSSR count). The third-order valence-electron chi connectivity index (χ3n) is 9.04. The first-order valence-corrected chi connectivity index (χ1v) is 19.7. The zero-order chi connectivity index (χ0) is 32.9. The number of aryl methyl sites for hydroxylation is 2. The van der Waals surface area contributed by atoms with Crippen molar-refractivity contribution in [1.82, 2.24) is 0 Å². The summed E-state index contributed by atoms with van der Waals surface area (Å²) in [6, 6.07) is 17.8. The van der Waals surface area contributed by atoms with Crippen LogP contribution in [0.5, 0.6) is 0 Å². The number of aliphatic imine (C=N–C) groups is 2. The SMILES string of the molecule is CCCCCCCCCCCCCC/C=C/C(=Nc1cccc(CCCCC)c1)C(CCCC)=Nc1cccc(CCCCC)c1.[Ni]. The van der Waals surface area contributed by atoms with E-state index in [0.29, 0.717) is 0 Å². The molecule has 0 aromatic heterocycles. The van der Waals surface area contributed by atoms with Gasteiger partial charge < -0.3 is 0 Å². The Morgan fingerprint density at radius 1 is 0.511 bits per heavy atom. The van der Waals surface area contributed by atoms with Crippen molar-refractivity contribution in [3.8, 4) is 0 Å². The van der Waals surface area contributed by atoms with E-state index in [2.05, 4.69) is 88.4 Å². The number of unbranched alkanes of at least 4 members (excludes halogenated alkanes) is 17. The Bertz CT molecular complexity index is 1120. The van der Waals surface area contributed by atoms with Gasteiger partial charge in [-0.1, -0.05) is 161 Å². The predicted molar refractivity (Wildman–Crippen MR) is 208 cm³/mol. The predicted octanol–water partition coefficient (Wildman–Crippen LogP) is 14.8. The molecule has 0 saturated heterocycles. The molecule has 3 heteroatoms. The van der Waals surface area contributed by atoms with E-state index in [1.165, 1.54) is 127 Å². The first-order chi connectivity index (χ1) is 22.7. The second-order valence-corrected chi connectivity index (χ2v) is 13.5. The molecule has 0 spiro atoms. The molecule has 0 N–H and O–H groups in total. The van der Waals surface area contributed by atoms with Gasteiger partial charge in [0.1, 0.15) is 0 Å². The zero-order valence-corrected chi connectivity index (χ0v) is 31.9. The summed E-state index contributed by atoms with van der Waals surface area (Å²) in [6.07, 6.45) is 35.5. The summed E-state index contributed by atoms with van der Waals surface area (Å²) in [4.78, 5) is 10.6. The van der Waals surface area contributed by atoms with Gasteiger partial charge in [0, 0.05) is 16.5 Å². The van der Waals surface area contributed by atoms with Gasteiger partial charge >= 0.3 is 0 Å². The van der Waals surface area contributed by atoms with E-state index < -0.39 is 0 Å². The molecule has 0 atom stereocenters. The van der Waals surface area contributed by atoms with Gasteiger partial charge in [-0.2, -0.15) is 0 Å². The quantitative estimate of drug-likeness (QED) is 0.0484. The summed E-state index contributed by atoms with van der Waals surface area (Å²) in [5, 5.41) is 0. The number of hydrogen-bond donors (Lipinski definition) is 0. The standard InChI is InChI=1S/C44H70N2.Ni/c1-5-9-13-14-15-16-17-18-19-20-21-22-23-26-36-44(46-42-34-28-32-40(38-42)30-25-11-7-3)43(35-12-8-4)45-41-33-27-31-39(37-41)29-24-10-6-2;/h26-28,31-34,36-38H,5-25,29-30,35H2,1-4H3;/b36-26+,45-43?,46-44?;. The maximum Gasteiger partial charge on any atom is 0.0848 e. The minimum Gasteiger partial charge on any atom is -0.251 e. The van der Waals surface area contributed by atoms with E-state index >= 15 is 0 Å². The summed E-state index contributed by atoms with van der Waals surface area (Å²) in [5.74, 6) is 0. The largest absolute Gasteiger partial charge is 0.251 e. The van der Waals surface area contributed by atoms with E-state index in [1.807, 2.05) is 0 Å². The molecule has 2 aromatic carbocycles. The number of nitrogens with zero attached hydrogens (tertiary/aromatic N) is 2. The van der Waals surface area contributed by atoms with Crippen LogP contribution in [0.25, 0.3) is 0 Å². The third-order valence-corrected chi connectivity index (χ3v) is 9.04. The molecule has 0 aliphatic carbocycles. The van der Waals surface area contributed by atoms with Crippen LogP contribution in [-0.2, 0) is 29.3 Å². The Balaban J connectivity index is 0.0000110. The van der Waals surface area contributed by atoms with Gasteiger partial charge in [-0.15, -0.1) is 0 Å². The second-order valence-electron chi connectivity index (χ2n) is 13.5. The monoisotopic (exact) mass is 684 g/mol. The molecule has 0 radical (unpaired) electrons. The van der Waals surface area contributed by atoms with Crippen LogP contribution in [0.4, 0.5) is 11.4 Å². The van der Waals surface area contributed by atoms with Crippen LogP contribution >= 0.6 is 0 Å². The fraction of sp³-hybridized carbons (Fsp3) is 0.636. The van der Waals surface area contributed by atoms with E-state index in [9.17, 15) is 0 Å². The van der Waals surface area contributed by atoms with Gasteiger partial charge in [-0.05, 0) is 92.8 Å². The van der Waals surface area contributed by atoms with E-state index in [-0.39, 0.29) is 16.5 Å². The van der Waals surface area contributed by atoms with Crippen LogP contribution in [0, 0.1) is 0 Å². The van der Waals surface area contributed by atoms with Crippen molar-refractivity contribution in [3.05, 3.63) is 71.8 Å². The third kappa shape index (κ3) is 21.6. The van der Waals surface area contributed by atoms with Crippen LogP contribution in [0.2, 0.25) is 0 Å². The van der Waals surface area contributed by atoms with Crippen molar-refractivity contribution in [1.29, 1.82) is 0 Å². The molecule has 0 heterocycles. The summed E-state index contributed by atoms with van der Waals surface area (Å²) in [6.45, 7) is 9.11. The maximum atomic E-state index is 5.28. The fourth-order valence-corrected chi connectivity index (χ4v) is 6.10.